The fourth-order valence-corrected chi connectivity index (χ4v) is 1.92. The highest BCUT2D eigenvalue weighted by atomic mass is 16.2. The van der Waals surface area contributed by atoms with Gasteiger partial charge in [0.05, 0.1) is 0 Å². The second-order valence-electron chi connectivity index (χ2n) is 3.27. The standard InChI is InChI=1S/C8H11NO2/c10-7-3-4-9-6(5-7)1-2-8(9)11/h6H,1-5H2/t6-/m1/s1. The Balaban J connectivity index is 2.11. The van der Waals surface area contributed by atoms with Crippen LogP contribution >= 0.6 is 0 Å². The van der Waals surface area contributed by atoms with Gasteiger partial charge in [-0.1, -0.05) is 0 Å². The molecule has 2 aliphatic heterocycles. The fourth-order valence-electron chi connectivity index (χ4n) is 1.92. The number of fused-ring (bicyclic) bond motifs is 1. The van der Waals surface area contributed by atoms with E-state index in [0.29, 0.717) is 31.6 Å². The van der Waals surface area contributed by atoms with Crippen molar-refractivity contribution in [2.24, 2.45) is 0 Å². The predicted molar refractivity (Wildman–Crippen MR) is 39.0 cm³/mol. The van der Waals surface area contributed by atoms with E-state index in [1.165, 1.54) is 0 Å². The van der Waals surface area contributed by atoms with Crippen molar-refractivity contribution in [2.45, 2.75) is 31.7 Å². The Bertz CT molecular complexity index is 212. The Labute approximate surface area is 65.4 Å². The van der Waals surface area contributed by atoms with Crippen LogP contribution in [0.15, 0.2) is 0 Å². The van der Waals surface area contributed by atoms with Crippen molar-refractivity contribution in [2.75, 3.05) is 6.54 Å². The maximum absolute atomic E-state index is 11.1. The molecule has 0 N–H and O–H groups in total. The average Bonchev–Trinajstić information content (AvgIpc) is 2.32. The second-order valence-corrected chi connectivity index (χ2v) is 3.27. The first kappa shape index (κ1) is 6.83. The van der Waals surface area contributed by atoms with Crippen LogP contribution in [0.4, 0.5) is 0 Å². The maximum atomic E-state index is 11.1. The second kappa shape index (κ2) is 2.32. The molecule has 2 fully saturated rings. The van der Waals surface area contributed by atoms with Gasteiger partial charge in [-0.25, -0.2) is 0 Å². The van der Waals surface area contributed by atoms with Gasteiger partial charge in [0.1, 0.15) is 5.78 Å². The van der Waals surface area contributed by atoms with E-state index in [-0.39, 0.29) is 11.9 Å². The third kappa shape index (κ3) is 1.04. The lowest BCUT2D eigenvalue weighted by Gasteiger charge is -2.28. The number of carbonyl (C=O) groups excluding carboxylic acids is 2. The Morgan fingerprint density at radius 2 is 2.09 bits per heavy atom. The average molecular weight is 153 g/mol. The van der Waals surface area contributed by atoms with E-state index in [0.717, 1.165) is 6.42 Å². The highest BCUT2D eigenvalue weighted by Crippen LogP contribution is 2.25. The Kier molecular flexibility index (Phi) is 1.44. The van der Waals surface area contributed by atoms with E-state index in [1.54, 1.807) is 0 Å². The molecule has 0 saturated carbocycles. The summed E-state index contributed by atoms with van der Waals surface area (Å²) in [6.45, 7) is 0.669. The molecule has 11 heavy (non-hydrogen) atoms. The van der Waals surface area contributed by atoms with E-state index in [9.17, 15) is 9.59 Å². The van der Waals surface area contributed by atoms with Crippen molar-refractivity contribution < 1.29 is 9.59 Å². The van der Waals surface area contributed by atoms with Crippen LogP contribution in [-0.2, 0) is 9.59 Å². The number of ketones is 1. The maximum Gasteiger partial charge on any atom is 0.222 e. The number of amides is 1. The van der Waals surface area contributed by atoms with Crippen molar-refractivity contribution in [1.82, 2.24) is 4.90 Å². The van der Waals surface area contributed by atoms with Crippen molar-refractivity contribution in [1.29, 1.82) is 0 Å². The summed E-state index contributed by atoms with van der Waals surface area (Å²) >= 11 is 0. The Morgan fingerprint density at radius 3 is 2.91 bits per heavy atom. The topological polar surface area (TPSA) is 37.4 Å². The third-order valence-corrected chi connectivity index (χ3v) is 2.55. The smallest absolute Gasteiger partial charge is 0.222 e. The monoisotopic (exact) mass is 153 g/mol. The molecule has 0 radical (unpaired) electrons. The molecule has 3 nitrogen and oxygen atoms in total. The molecule has 0 bridgehead atoms. The van der Waals surface area contributed by atoms with Gasteiger partial charge in [0, 0.05) is 31.8 Å². The third-order valence-electron chi connectivity index (χ3n) is 2.55. The SMILES string of the molecule is O=C1CCN2C(=O)CC[C@@H]2C1. The lowest BCUT2D eigenvalue weighted by molar-refractivity contribution is -0.132. The minimum absolute atomic E-state index is 0.238. The van der Waals surface area contributed by atoms with Gasteiger partial charge >= 0.3 is 0 Å². The first-order chi connectivity index (χ1) is 5.27. The van der Waals surface area contributed by atoms with Gasteiger partial charge in [-0.3, -0.25) is 9.59 Å². The van der Waals surface area contributed by atoms with Gasteiger partial charge in [0.2, 0.25) is 5.91 Å². The molecule has 0 aromatic rings. The van der Waals surface area contributed by atoms with E-state index >= 15 is 0 Å². The van der Waals surface area contributed by atoms with Gasteiger partial charge < -0.3 is 4.90 Å². The largest absolute Gasteiger partial charge is 0.339 e. The molecule has 2 saturated heterocycles. The predicted octanol–water partition coefficient (Wildman–Crippen LogP) is 0.340. The van der Waals surface area contributed by atoms with Crippen LogP contribution in [0.2, 0.25) is 0 Å². The molecule has 0 aromatic carbocycles. The lowest BCUT2D eigenvalue weighted by atomic mass is 10.0. The van der Waals surface area contributed by atoms with Gasteiger partial charge in [-0.2, -0.15) is 0 Å². The summed E-state index contributed by atoms with van der Waals surface area (Å²) in [6.07, 6.45) is 2.72. The molecular formula is C8H11NO2. The molecule has 2 rings (SSSR count). The van der Waals surface area contributed by atoms with Gasteiger partial charge in [0.15, 0.2) is 0 Å². The lowest BCUT2D eigenvalue weighted by Crippen LogP contribution is -2.40. The Morgan fingerprint density at radius 1 is 1.27 bits per heavy atom. The minimum Gasteiger partial charge on any atom is -0.339 e. The van der Waals surface area contributed by atoms with Crippen molar-refractivity contribution >= 4 is 11.7 Å². The van der Waals surface area contributed by atoms with Crippen LogP contribution in [0.5, 0.6) is 0 Å². The van der Waals surface area contributed by atoms with Gasteiger partial charge in [-0.15, -0.1) is 0 Å². The summed E-state index contributed by atoms with van der Waals surface area (Å²) in [7, 11) is 0. The molecule has 0 aliphatic carbocycles. The molecule has 2 aliphatic rings. The highest BCUT2D eigenvalue weighted by molar-refractivity contribution is 5.85. The van der Waals surface area contributed by atoms with Crippen molar-refractivity contribution in [3.63, 3.8) is 0 Å². The molecule has 1 atom stereocenters. The molecule has 60 valence electrons. The zero-order valence-electron chi connectivity index (χ0n) is 6.38. The normalized spacial score (nSPS) is 30.9. The number of nitrogens with zero attached hydrogens (tertiary/aromatic N) is 1. The molecule has 1 amide bonds. The fraction of sp³-hybridized carbons (Fsp3) is 0.750. The summed E-state index contributed by atoms with van der Waals surface area (Å²) in [5, 5.41) is 0. The number of hydrogen-bond acceptors (Lipinski definition) is 2. The van der Waals surface area contributed by atoms with Crippen LogP contribution in [0.25, 0.3) is 0 Å². The van der Waals surface area contributed by atoms with E-state index < -0.39 is 0 Å². The van der Waals surface area contributed by atoms with E-state index in [2.05, 4.69) is 0 Å². The van der Waals surface area contributed by atoms with E-state index in [1.807, 2.05) is 4.90 Å². The summed E-state index contributed by atoms with van der Waals surface area (Å²) in [5.74, 6) is 0.559. The van der Waals surface area contributed by atoms with Gasteiger partial charge in [-0.05, 0) is 6.42 Å². The quantitative estimate of drug-likeness (QED) is 0.503. The molecule has 0 spiro atoms. The Hall–Kier alpha value is -0.860. The first-order valence-corrected chi connectivity index (χ1v) is 4.08. The molecular weight excluding hydrogens is 142 g/mol. The zero-order chi connectivity index (χ0) is 7.84. The summed E-state index contributed by atoms with van der Waals surface area (Å²) in [4.78, 5) is 24.0. The number of hydrogen-bond donors (Lipinski definition) is 0. The van der Waals surface area contributed by atoms with Crippen LogP contribution in [0, 0.1) is 0 Å². The number of rotatable bonds is 0. The van der Waals surface area contributed by atoms with Crippen LogP contribution in [0.1, 0.15) is 25.7 Å². The van der Waals surface area contributed by atoms with Gasteiger partial charge in [0.25, 0.3) is 0 Å². The minimum atomic E-state index is 0.238. The summed E-state index contributed by atoms with van der Waals surface area (Å²) in [5.41, 5.74) is 0. The first-order valence-electron chi connectivity index (χ1n) is 4.08. The number of carbonyl (C=O) groups is 2. The summed E-state index contributed by atoms with van der Waals surface area (Å²) in [6, 6.07) is 0.253. The van der Waals surface area contributed by atoms with E-state index in [4.69, 9.17) is 0 Å². The van der Waals surface area contributed by atoms with Crippen LogP contribution in [0.3, 0.4) is 0 Å². The highest BCUT2D eigenvalue weighted by Gasteiger charge is 2.35. The van der Waals surface area contributed by atoms with Crippen molar-refractivity contribution in [3.05, 3.63) is 0 Å². The van der Waals surface area contributed by atoms with Crippen LogP contribution in [-0.4, -0.2) is 29.2 Å². The molecule has 3 heteroatoms. The van der Waals surface area contributed by atoms with Crippen molar-refractivity contribution in [3.8, 4) is 0 Å². The molecule has 0 unspecified atom stereocenters. The molecule has 0 aromatic heterocycles. The number of piperidine rings is 1. The van der Waals surface area contributed by atoms with Crippen LogP contribution < -0.4 is 0 Å². The summed E-state index contributed by atoms with van der Waals surface area (Å²) < 4.78 is 0. The molecule has 2 heterocycles. The number of Topliss-reactive ketones (excluding diaryl/α,β-unsaturated/α-hetero) is 1. The zero-order valence-corrected chi connectivity index (χ0v) is 6.38.